The molecule has 9 heteroatoms. The average Bonchev–Trinajstić information content (AvgIpc) is 2.45. The number of hydrogen-bond donors (Lipinski definition) is 2. The lowest BCUT2D eigenvalue weighted by Gasteiger charge is -2.10. The summed E-state index contributed by atoms with van der Waals surface area (Å²) in [6, 6.07) is 7.76. The summed E-state index contributed by atoms with van der Waals surface area (Å²) in [6.07, 6.45) is 1.05. The van der Waals surface area contributed by atoms with Crippen LogP contribution in [0, 0.1) is 22.7 Å². The molecule has 116 valence electrons. The van der Waals surface area contributed by atoms with Crippen LogP contribution in [0.2, 0.25) is 0 Å². The number of nitrogens with two attached hydrogens (primary N) is 1. The molecule has 23 heavy (non-hydrogen) atoms. The molecular formula is C14H9BrN4O3S. The first-order valence-electron chi connectivity index (χ1n) is 6.06. The number of nitriles is 2. The molecule has 0 bridgehead atoms. The number of aromatic nitrogens is 1. The van der Waals surface area contributed by atoms with E-state index >= 15 is 0 Å². The Kier molecular flexibility index (Phi) is 4.28. The molecule has 0 aliphatic rings. The normalized spacial score (nSPS) is 10.8. The van der Waals surface area contributed by atoms with Crippen molar-refractivity contribution >= 4 is 31.6 Å². The van der Waals surface area contributed by atoms with Crippen molar-refractivity contribution in [3.05, 3.63) is 44.2 Å². The first-order chi connectivity index (χ1) is 10.7. The Morgan fingerprint density at radius 1 is 1.22 bits per heavy atom. The van der Waals surface area contributed by atoms with Crippen LogP contribution in [-0.4, -0.2) is 19.7 Å². The Bertz CT molecular complexity index is 1060. The fourth-order valence-electron chi connectivity index (χ4n) is 2.09. The molecule has 0 fully saturated rings. The van der Waals surface area contributed by atoms with Gasteiger partial charge in [0, 0.05) is 16.3 Å². The van der Waals surface area contributed by atoms with Crippen molar-refractivity contribution < 1.29 is 8.42 Å². The quantitative estimate of drug-likeness (QED) is 0.793. The van der Waals surface area contributed by atoms with Gasteiger partial charge in [-0.2, -0.15) is 10.5 Å². The molecular weight excluding hydrogens is 384 g/mol. The van der Waals surface area contributed by atoms with Gasteiger partial charge in [0.2, 0.25) is 0 Å². The first-order valence-corrected chi connectivity index (χ1v) is 8.75. The van der Waals surface area contributed by atoms with Crippen molar-refractivity contribution in [3.63, 3.8) is 0 Å². The zero-order valence-electron chi connectivity index (χ0n) is 11.7. The van der Waals surface area contributed by atoms with Gasteiger partial charge in [-0.05, 0) is 33.6 Å². The molecule has 0 aliphatic heterocycles. The van der Waals surface area contributed by atoms with Crippen LogP contribution >= 0.6 is 15.9 Å². The third-order valence-corrected chi connectivity index (χ3v) is 5.16. The summed E-state index contributed by atoms with van der Waals surface area (Å²) in [6.45, 7) is 0. The number of halogens is 1. The number of sulfone groups is 1. The summed E-state index contributed by atoms with van der Waals surface area (Å²) in [5, 5.41) is 18.5. The predicted molar refractivity (Wildman–Crippen MR) is 87.2 cm³/mol. The van der Waals surface area contributed by atoms with Crippen LogP contribution in [0.4, 0.5) is 5.82 Å². The summed E-state index contributed by atoms with van der Waals surface area (Å²) in [5.41, 5.74) is 4.99. The Hall–Kier alpha value is -2.62. The molecule has 3 N–H and O–H groups in total. The van der Waals surface area contributed by atoms with Crippen molar-refractivity contribution in [1.29, 1.82) is 10.5 Å². The van der Waals surface area contributed by atoms with E-state index in [2.05, 4.69) is 20.9 Å². The molecule has 0 saturated heterocycles. The average molecular weight is 393 g/mol. The van der Waals surface area contributed by atoms with E-state index in [1.54, 1.807) is 6.07 Å². The molecule has 0 atom stereocenters. The number of nitrogens with one attached hydrogen (secondary N) is 1. The highest BCUT2D eigenvalue weighted by Crippen LogP contribution is 2.32. The standard InChI is InChI=1S/C14H9BrN4O3S/c1-23(21,22)11-3-2-7(4-10(11)15)12-8(5-16)13(18)19-14(20)9(12)6-17/h2-4H,1H3,(H3,18,19,20). The van der Waals surface area contributed by atoms with Crippen LogP contribution in [0.1, 0.15) is 11.1 Å². The van der Waals surface area contributed by atoms with Crippen LogP contribution in [0.3, 0.4) is 0 Å². The molecule has 2 aromatic rings. The zero-order chi connectivity index (χ0) is 17.4. The van der Waals surface area contributed by atoms with Crippen molar-refractivity contribution in [3.8, 4) is 23.3 Å². The zero-order valence-corrected chi connectivity index (χ0v) is 14.1. The number of aromatic amines is 1. The van der Waals surface area contributed by atoms with Crippen LogP contribution < -0.4 is 11.3 Å². The van der Waals surface area contributed by atoms with Crippen molar-refractivity contribution in [2.45, 2.75) is 4.90 Å². The summed E-state index contributed by atoms with van der Waals surface area (Å²) in [5.74, 6) is -0.158. The Balaban J connectivity index is 2.89. The Morgan fingerprint density at radius 2 is 1.83 bits per heavy atom. The second kappa shape index (κ2) is 5.88. The maximum absolute atomic E-state index is 11.9. The highest BCUT2D eigenvalue weighted by molar-refractivity contribution is 9.10. The highest BCUT2D eigenvalue weighted by Gasteiger charge is 2.20. The van der Waals surface area contributed by atoms with Crippen molar-refractivity contribution in [2.24, 2.45) is 0 Å². The number of hydrogen-bond acceptors (Lipinski definition) is 6. The smallest absolute Gasteiger partial charge is 0.268 e. The second-order valence-corrected chi connectivity index (χ2v) is 7.47. The van der Waals surface area contributed by atoms with Crippen LogP contribution in [0.25, 0.3) is 11.1 Å². The van der Waals surface area contributed by atoms with Gasteiger partial charge in [-0.1, -0.05) is 6.07 Å². The lowest BCUT2D eigenvalue weighted by Crippen LogP contribution is -2.16. The van der Waals surface area contributed by atoms with Gasteiger partial charge in [0.1, 0.15) is 29.1 Å². The van der Waals surface area contributed by atoms with E-state index in [9.17, 15) is 23.7 Å². The number of H-pyrrole nitrogens is 1. The fourth-order valence-corrected chi connectivity index (χ4v) is 4.08. The van der Waals surface area contributed by atoms with Gasteiger partial charge in [-0.15, -0.1) is 0 Å². The molecule has 0 aliphatic carbocycles. The predicted octanol–water partition coefficient (Wildman–Crippen LogP) is 1.53. The Labute approximate surface area is 140 Å². The molecule has 0 saturated carbocycles. The largest absolute Gasteiger partial charge is 0.384 e. The number of benzene rings is 1. The monoisotopic (exact) mass is 392 g/mol. The molecule has 7 nitrogen and oxygen atoms in total. The molecule has 2 rings (SSSR count). The lowest BCUT2D eigenvalue weighted by atomic mass is 9.97. The van der Waals surface area contributed by atoms with E-state index in [4.69, 9.17) is 5.73 Å². The highest BCUT2D eigenvalue weighted by atomic mass is 79.9. The van der Waals surface area contributed by atoms with E-state index in [1.807, 2.05) is 6.07 Å². The molecule has 0 radical (unpaired) electrons. The van der Waals surface area contributed by atoms with Crippen molar-refractivity contribution in [1.82, 2.24) is 4.98 Å². The SMILES string of the molecule is CS(=O)(=O)c1ccc(-c2c(C#N)c(N)[nH]c(=O)c2C#N)cc1Br. The maximum atomic E-state index is 11.9. The first kappa shape index (κ1) is 16.7. The molecule has 0 amide bonds. The summed E-state index contributed by atoms with van der Waals surface area (Å²) in [4.78, 5) is 14.2. The van der Waals surface area contributed by atoms with Gasteiger partial charge in [0.15, 0.2) is 9.84 Å². The van der Waals surface area contributed by atoms with E-state index in [-0.39, 0.29) is 31.9 Å². The third kappa shape index (κ3) is 2.97. The van der Waals surface area contributed by atoms with Crippen molar-refractivity contribution in [2.75, 3.05) is 12.0 Å². The summed E-state index contributed by atoms with van der Waals surface area (Å²) < 4.78 is 23.5. The van der Waals surface area contributed by atoms with Crippen LogP contribution in [0.15, 0.2) is 32.4 Å². The number of nitrogens with zero attached hydrogens (tertiary/aromatic N) is 2. The topological polar surface area (TPSA) is 141 Å². The molecule has 1 aromatic heterocycles. The number of pyridine rings is 1. The van der Waals surface area contributed by atoms with Gasteiger partial charge in [-0.3, -0.25) is 4.79 Å². The minimum absolute atomic E-state index is 0.0519. The van der Waals surface area contributed by atoms with Gasteiger partial charge in [-0.25, -0.2) is 8.42 Å². The molecule has 1 aromatic carbocycles. The van der Waals surface area contributed by atoms with E-state index in [0.29, 0.717) is 5.56 Å². The minimum atomic E-state index is -3.45. The molecule has 0 unspecified atom stereocenters. The minimum Gasteiger partial charge on any atom is -0.384 e. The fraction of sp³-hybridized carbons (Fsp3) is 0.0714. The number of anilines is 1. The Morgan fingerprint density at radius 3 is 2.30 bits per heavy atom. The van der Waals surface area contributed by atoms with Gasteiger partial charge >= 0.3 is 0 Å². The summed E-state index contributed by atoms with van der Waals surface area (Å²) in [7, 11) is -3.45. The maximum Gasteiger partial charge on any atom is 0.268 e. The van der Waals surface area contributed by atoms with Gasteiger partial charge in [0.05, 0.1) is 4.90 Å². The summed E-state index contributed by atoms with van der Waals surface area (Å²) >= 11 is 3.15. The number of rotatable bonds is 2. The van der Waals surface area contributed by atoms with E-state index in [1.165, 1.54) is 18.2 Å². The van der Waals surface area contributed by atoms with Crippen LogP contribution in [0.5, 0.6) is 0 Å². The van der Waals surface area contributed by atoms with Crippen LogP contribution in [-0.2, 0) is 9.84 Å². The lowest BCUT2D eigenvalue weighted by molar-refractivity contribution is 0.601. The van der Waals surface area contributed by atoms with E-state index in [0.717, 1.165) is 6.26 Å². The van der Waals surface area contributed by atoms with Gasteiger partial charge in [0.25, 0.3) is 5.56 Å². The van der Waals surface area contributed by atoms with Gasteiger partial charge < -0.3 is 10.7 Å². The van der Waals surface area contributed by atoms with E-state index < -0.39 is 15.4 Å². The third-order valence-electron chi connectivity index (χ3n) is 3.09. The second-order valence-electron chi connectivity index (χ2n) is 4.63. The molecule has 1 heterocycles. The molecule has 0 spiro atoms. The number of nitrogen functional groups attached to an aromatic ring is 1.